The van der Waals surface area contributed by atoms with Crippen LogP contribution in [-0.2, 0) is 6.61 Å². The van der Waals surface area contributed by atoms with Crippen molar-refractivity contribution in [3.63, 3.8) is 0 Å². The summed E-state index contributed by atoms with van der Waals surface area (Å²) in [5.41, 5.74) is 2.68. The van der Waals surface area contributed by atoms with Crippen LogP contribution < -0.4 is 4.74 Å². The van der Waals surface area contributed by atoms with Gasteiger partial charge in [0, 0.05) is 5.56 Å². The minimum Gasteiger partial charge on any atom is -0.489 e. The highest BCUT2D eigenvalue weighted by atomic mass is 19.2. The fourth-order valence-electron chi connectivity index (χ4n) is 4.90. The number of hydrogen-bond acceptors (Lipinski definition) is 1. The first kappa shape index (κ1) is 23.4. The molecular weight excluding hydrogens is 421 g/mol. The van der Waals surface area contributed by atoms with Crippen LogP contribution in [0.3, 0.4) is 0 Å². The highest BCUT2D eigenvalue weighted by molar-refractivity contribution is 5.65. The molecule has 0 heterocycles. The molecule has 4 rings (SSSR count). The van der Waals surface area contributed by atoms with Crippen LogP contribution in [0.2, 0.25) is 0 Å². The molecule has 0 spiro atoms. The molecule has 0 atom stereocenters. The number of rotatable bonds is 7. The average molecular weight is 453 g/mol. The number of ether oxygens (including phenoxy) is 1. The van der Waals surface area contributed by atoms with E-state index in [1.54, 1.807) is 49.4 Å². The fourth-order valence-corrected chi connectivity index (χ4v) is 4.90. The molecule has 0 aliphatic heterocycles. The van der Waals surface area contributed by atoms with Gasteiger partial charge in [-0.3, -0.25) is 0 Å². The van der Waals surface area contributed by atoms with Crippen molar-refractivity contribution in [3.05, 3.63) is 88.7 Å². The fraction of sp³-hybridized carbons (Fsp3) is 0.379. The molecule has 0 bridgehead atoms. The van der Waals surface area contributed by atoms with Crippen molar-refractivity contribution >= 4 is 0 Å². The van der Waals surface area contributed by atoms with Crippen molar-refractivity contribution in [3.8, 4) is 16.9 Å². The highest BCUT2D eigenvalue weighted by Crippen LogP contribution is 2.40. The van der Waals surface area contributed by atoms with Crippen LogP contribution in [0.1, 0.15) is 68.1 Å². The Morgan fingerprint density at radius 1 is 0.848 bits per heavy atom. The molecule has 0 radical (unpaired) electrons. The number of aryl methyl sites for hydroxylation is 1. The Balaban J connectivity index is 1.43. The van der Waals surface area contributed by atoms with Crippen LogP contribution in [0.5, 0.6) is 5.75 Å². The molecule has 33 heavy (non-hydrogen) atoms. The van der Waals surface area contributed by atoms with E-state index in [2.05, 4.69) is 6.92 Å². The van der Waals surface area contributed by atoms with Gasteiger partial charge in [-0.2, -0.15) is 0 Å². The molecule has 1 fully saturated rings. The zero-order valence-corrected chi connectivity index (χ0v) is 19.3. The largest absolute Gasteiger partial charge is 0.489 e. The molecule has 0 N–H and O–H groups in total. The SMILES string of the molecule is CCCC1CCC(c2ccc(-c3ccc(OCc4ccc(C)c(F)c4)cc3)c(F)c2F)CC1. The molecule has 174 valence electrons. The summed E-state index contributed by atoms with van der Waals surface area (Å²) in [6.45, 7) is 4.14. The van der Waals surface area contributed by atoms with Crippen molar-refractivity contribution in [1.29, 1.82) is 0 Å². The molecule has 1 aliphatic rings. The molecule has 0 unspecified atom stereocenters. The zero-order valence-electron chi connectivity index (χ0n) is 19.3. The number of halogens is 3. The first-order chi connectivity index (χ1) is 16.0. The first-order valence-corrected chi connectivity index (χ1v) is 11.9. The molecule has 0 saturated heterocycles. The van der Waals surface area contributed by atoms with Gasteiger partial charge in [0.2, 0.25) is 0 Å². The van der Waals surface area contributed by atoms with Crippen LogP contribution in [0.15, 0.2) is 54.6 Å². The Morgan fingerprint density at radius 2 is 1.58 bits per heavy atom. The summed E-state index contributed by atoms with van der Waals surface area (Å²) >= 11 is 0. The average Bonchev–Trinajstić information content (AvgIpc) is 2.83. The van der Waals surface area contributed by atoms with Gasteiger partial charge in [0.15, 0.2) is 11.6 Å². The van der Waals surface area contributed by atoms with E-state index in [1.807, 2.05) is 6.07 Å². The van der Waals surface area contributed by atoms with E-state index in [0.717, 1.165) is 37.2 Å². The summed E-state index contributed by atoms with van der Waals surface area (Å²) in [6, 6.07) is 15.3. The minimum atomic E-state index is -0.785. The minimum absolute atomic E-state index is 0.101. The van der Waals surface area contributed by atoms with E-state index < -0.39 is 11.6 Å². The normalized spacial score (nSPS) is 18.3. The maximum atomic E-state index is 15.0. The van der Waals surface area contributed by atoms with Crippen LogP contribution in [0, 0.1) is 30.3 Å². The predicted octanol–water partition coefficient (Wildman–Crippen LogP) is 8.73. The third kappa shape index (κ3) is 5.43. The Morgan fingerprint density at radius 3 is 2.24 bits per heavy atom. The Labute approximate surface area is 194 Å². The van der Waals surface area contributed by atoms with Gasteiger partial charge in [0.05, 0.1) is 0 Å². The van der Waals surface area contributed by atoms with E-state index in [9.17, 15) is 13.2 Å². The van der Waals surface area contributed by atoms with E-state index in [4.69, 9.17) is 4.74 Å². The lowest BCUT2D eigenvalue weighted by Crippen LogP contribution is -2.14. The molecule has 1 nitrogen and oxygen atoms in total. The van der Waals surface area contributed by atoms with Crippen molar-refractivity contribution in [2.75, 3.05) is 0 Å². The molecule has 3 aromatic rings. The predicted molar refractivity (Wildman–Crippen MR) is 127 cm³/mol. The van der Waals surface area contributed by atoms with Gasteiger partial charge >= 0.3 is 0 Å². The van der Waals surface area contributed by atoms with Gasteiger partial charge in [-0.05, 0) is 84.9 Å². The smallest absolute Gasteiger partial charge is 0.166 e. The van der Waals surface area contributed by atoms with Crippen molar-refractivity contribution in [1.82, 2.24) is 0 Å². The Bertz CT molecular complexity index is 1080. The van der Waals surface area contributed by atoms with Crippen molar-refractivity contribution in [2.45, 2.75) is 64.9 Å². The maximum Gasteiger partial charge on any atom is 0.166 e. The molecular formula is C29H31F3O. The summed E-state index contributed by atoms with van der Waals surface area (Å²) in [6.07, 6.45) is 6.45. The first-order valence-electron chi connectivity index (χ1n) is 11.9. The second kappa shape index (κ2) is 10.5. The third-order valence-corrected chi connectivity index (χ3v) is 6.90. The molecule has 0 amide bonds. The van der Waals surface area contributed by atoms with Crippen LogP contribution in [0.4, 0.5) is 13.2 Å². The molecule has 4 heteroatoms. The molecule has 1 saturated carbocycles. The van der Waals surface area contributed by atoms with E-state index in [-0.39, 0.29) is 23.9 Å². The van der Waals surface area contributed by atoms with Gasteiger partial charge in [0.25, 0.3) is 0 Å². The summed E-state index contributed by atoms with van der Waals surface area (Å²) in [5.74, 6) is -0.351. The van der Waals surface area contributed by atoms with E-state index in [0.29, 0.717) is 22.4 Å². The van der Waals surface area contributed by atoms with Gasteiger partial charge in [-0.15, -0.1) is 0 Å². The molecule has 0 aromatic heterocycles. The lowest BCUT2D eigenvalue weighted by molar-refractivity contribution is 0.303. The summed E-state index contributed by atoms with van der Waals surface area (Å²) in [5, 5.41) is 0. The summed E-state index contributed by atoms with van der Waals surface area (Å²) < 4.78 is 49.4. The monoisotopic (exact) mass is 452 g/mol. The standard InChI is InChI=1S/C29H31F3O/c1-3-4-20-7-9-22(10-8-20)25-15-16-26(29(32)28(25)31)23-11-13-24(14-12-23)33-18-21-6-5-19(2)27(30)17-21/h5-6,11-17,20,22H,3-4,7-10,18H2,1-2H3. The van der Waals surface area contributed by atoms with Crippen LogP contribution >= 0.6 is 0 Å². The maximum absolute atomic E-state index is 15.0. The Kier molecular flexibility index (Phi) is 7.42. The summed E-state index contributed by atoms with van der Waals surface area (Å²) in [4.78, 5) is 0. The van der Waals surface area contributed by atoms with E-state index in [1.165, 1.54) is 18.9 Å². The van der Waals surface area contributed by atoms with E-state index >= 15 is 0 Å². The highest BCUT2D eigenvalue weighted by Gasteiger charge is 2.26. The lowest BCUT2D eigenvalue weighted by Gasteiger charge is -2.29. The number of hydrogen-bond donors (Lipinski definition) is 0. The van der Waals surface area contributed by atoms with Gasteiger partial charge in [0.1, 0.15) is 18.2 Å². The van der Waals surface area contributed by atoms with Gasteiger partial charge in [-0.25, -0.2) is 13.2 Å². The quantitative estimate of drug-likeness (QED) is 0.348. The lowest BCUT2D eigenvalue weighted by atomic mass is 9.77. The van der Waals surface area contributed by atoms with Gasteiger partial charge < -0.3 is 4.74 Å². The van der Waals surface area contributed by atoms with Crippen LogP contribution in [0.25, 0.3) is 11.1 Å². The molecule has 1 aliphatic carbocycles. The number of benzene rings is 3. The Hall–Kier alpha value is -2.75. The second-order valence-electron chi connectivity index (χ2n) is 9.23. The van der Waals surface area contributed by atoms with Gasteiger partial charge in [-0.1, -0.05) is 56.2 Å². The van der Waals surface area contributed by atoms with Crippen molar-refractivity contribution < 1.29 is 17.9 Å². The zero-order chi connectivity index (χ0) is 23.4. The topological polar surface area (TPSA) is 9.23 Å². The van der Waals surface area contributed by atoms with Crippen LogP contribution in [-0.4, -0.2) is 0 Å². The second-order valence-corrected chi connectivity index (χ2v) is 9.23. The third-order valence-electron chi connectivity index (χ3n) is 6.90. The van der Waals surface area contributed by atoms with Crippen molar-refractivity contribution in [2.24, 2.45) is 5.92 Å². The summed E-state index contributed by atoms with van der Waals surface area (Å²) in [7, 11) is 0. The molecule has 3 aromatic carbocycles.